The average Bonchev–Trinajstić information content (AvgIpc) is 2.07. The predicted molar refractivity (Wildman–Crippen MR) is 59.3 cm³/mol. The summed E-state index contributed by atoms with van der Waals surface area (Å²) in [6, 6.07) is 1.35. The normalized spacial score (nSPS) is 11.5. The summed E-state index contributed by atoms with van der Waals surface area (Å²) in [6.07, 6.45) is 0. The number of halogens is 1. The topological polar surface area (TPSA) is 67.2 Å². The molecule has 2 N–H and O–H groups in total. The summed E-state index contributed by atoms with van der Waals surface area (Å²) < 4.78 is 1.45. The fraction of sp³-hybridized carbons (Fsp3) is 0.556. The van der Waals surface area contributed by atoms with E-state index >= 15 is 0 Å². The maximum atomic E-state index is 11.2. The Balaban J connectivity index is 2.87. The van der Waals surface area contributed by atoms with Gasteiger partial charge in [-0.25, -0.2) is 0 Å². The van der Waals surface area contributed by atoms with Gasteiger partial charge in [-0.15, -0.1) is 0 Å². The van der Waals surface area contributed by atoms with Crippen LogP contribution in [0.3, 0.4) is 0 Å². The van der Waals surface area contributed by atoms with Gasteiger partial charge in [-0.3, -0.25) is 9.48 Å². The molecule has 0 spiro atoms. The smallest absolute Gasteiger partial charge is 0.221 e. The van der Waals surface area contributed by atoms with E-state index in [0.717, 1.165) is 0 Å². The number of hydrogen-bond donors (Lipinski definition) is 2. The quantitative estimate of drug-likeness (QED) is 0.800. The van der Waals surface area contributed by atoms with Crippen LogP contribution in [0.2, 0.25) is 5.15 Å². The van der Waals surface area contributed by atoms with Crippen molar-refractivity contribution in [2.24, 2.45) is 7.05 Å². The van der Waals surface area contributed by atoms with Crippen molar-refractivity contribution in [3.05, 3.63) is 21.4 Å². The van der Waals surface area contributed by atoms with Gasteiger partial charge < -0.3 is 10.4 Å². The summed E-state index contributed by atoms with van der Waals surface area (Å²) in [5.41, 5.74) is -1.19. The van der Waals surface area contributed by atoms with E-state index in [1.165, 1.54) is 10.7 Å². The third-order valence-corrected chi connectivity index (χ3v) is 2.02. The molecule has 0 saturated carbocycles. The summed E-state index contributed by atoms with van der Waals surface area (Å²) in [7, 11) is 1.66. The molecule has 0 aliphatic heterocycles. The standard InChI is InChI=1S/C9H14ClN3O2/c1-9(2,15)5-11-7-4-6(14)8(10)12-13(7)3/h4,11,15H,5H2,1-3H3. The van der Waals surface area contributed by atoms with Crippen molar-refractivity contribution in [2.45, 2.75) is 19.4 Å². The van der Waals surface area contributed by atoms with Crippen LogP contribution in [0.1, 0.15) is 13.8 Å². The van der Waals surface area contributed by atoms with Crippen molar-refractivity contribution in [3.8, 4) is 0 Å². The number of nitrogens with one attached hydrogen (secondary N) is 1. The number of nitrogens with zero attached hydrogens (tertiary/aromatic N) is 2. The van der Waals surface area contributed by atoms with Gasteiger partial charge in [0.2, 0.25) is 5.43 Å². The fourth-order valence-electron chi connectivity index (χ4n) is 0.984. The zero-order chi connectivity index (χ0) is 11.6. The summed E-state index contributed by atoms with van der Waals surface area (Å²) >= 11 is 5.55. The Morgan fingerprint density at radius 1 is 1.67 bits per heavy atom. The van der Waals surface area contributed by atoms with Crippen LogP contribution in [-0.2, 0) is 7.05 Å². The lowest BCUT2D eigenvalue weighted by Gasteiger charge is -2.19. The van der Waals surface area contributed by atoms with Gasteiger partial charge in [0.15, 0.2) is 5.15 Å². The first-order chi connectivity index (χ1) is 6.79. The van der Waals surface area contributed by atoms with Crippen molar-refractivity contribution in [1.29, 1.82) is 0 Å². The van der Waals surface area contributed by atoms with Crippen molar-refractivity contribution >= 4 is 17.4 Å². The van der Waals surface area contributed by atoms with Gasteiger partial charge in [0, 0.05) is 19.7 Å². The molecule has 0 bridgehead atoms. The zero-order valence-electron chi connectivity index (χ0n) is 8.91. The highest BCUT2D eigenvalue weighted by Crippen LogP contribution is 2.07. The van der Waals surface area contributed by atoms with Gasteiger partial charge in [-0.2, -0.15) is 5.10 Å². The Morgan fingerprint density at radius 2 is 2.27 bits per heavy atom. The van der Waals surface area contributed by atoms with Crippen molar-refractivity contribution in [1.82, 2.24) is 9.78 Å². The molecular formula is C9H14ClN3O2. The molecule has 0 fully saturated rings. The van der Waals surface area contributed by atoms with E-state index in [1.54, 1.807) is 20.9 Å². The highest BCUT2D eigenvalue weighted by molar-refractivity contribution is 6.29. The van der Waals surface area contributed by atoms with E-state index in [4.69, 9.17) is 11.6 Å². The van der Waals surface area contributed by atoms with Crippen LogP contribution in [-0.4, -0.2) is 27.0 Å². The van der Waals surface area contributed by atoms with E-state index in [9.17, 15) is 9.90 Å². The monoisotopic (exact) mass is 231 g/mol. The van der Waals surface area contributed by atoms with Crippen molar-refractivity contribution < 1.29 is 5.11 Å². The van der Waals surface area contributed by atoms with Crippen molar-refractivity contribution in [3.63, 3.8) is 0 Å². The Kier molecular flexibility index (Phi) is 3.36. The molecule has 1 heterocycles. The van der Waals surface area contributed by atoms with E-state index in [2.05, 4.69) is 10.4 Å². The van der Waals surface area contributed by atoms with Crippen LogP contribution in [0, 0.1) is 0 Å². The lowest BCUT2D eigenvalue weighted by molar-refractivity contribution is 0.0943. The van der Waals surface area contributed by atoms with Crippen LogP contribution < -0.4 is 10.7 Å². The minimum Gasteiger partial charge on any atom is -0.389 e. The van der Waals surface area contributed by atoms with Crippen LogP contribution in [0.15, 0.2) is 10.9 Å². The number of hydrogen-bond acceptors (Lipinski definition) is 4. The number of rotatable bonds is 3. The third-order valence-electron chi connectivity index (χ3n) is 1.76. The number of aliphatic hydroxyl groups is 1. The Bertz CT molecular complexity index is 409. The first kappa shape index (κ1) is 12.0. The molecule has 1 aromatic heterocycles. The lowest BCUT2D eigenvalue weighted by Crippen LogP contribution is -2.31. The third kappa shape index (κ3) is 3.53. The largest absolute Gasteiger partial charge is 0.389 e. The van der Waals surface area contributed by atoms with Gasteiger partial charge in [-0.1, -0.05) is 11.6 Å². The SMILES string of the molecule is Cn1nc(Cl)c(=O)cc1NCC(C)(C)O. The van der Waals surface area contributed by atoms with E-state index in [1.807, 2.05) is 0 Å². The predicted octanol–water partition coefficient (Wildman–Crippen LogP) is 0.616. The number of aromatic nitrogens is 2. The van der Waals surface area contributed by atoms with Gasteiger partial charge in [0.1, 0.15) is 5.82 Å². The molecule has 1 aromatic rings. The second-order valence-corrected chi connectivity index (χ2v) is 4.33. The van der Waals surface area contributed by atoms with E-state index in [-0.39, 0.29) is 10.6 Å². The van der Waals surface area contributed by atoms with E-state index in [0.29, 0.717) is 12.4 Å². The Labute approximate surface area is 92.7 Å². The van der Waals surface area contributed by atoms with Crippen LogP contribution in [0.25, 0.3) is 0 Å². The number of aryl methyl sites for hydroxylation is 1. The molecule has 15 heavy (non-hydrogen) atoms. The average molecular weight is 232 g/mol. The Hall–Kier alpha value is -1.07. The summed E-state index contributed by atoms with van der Waals surface area (Å²) in [5, 5.41) is 16.1. The van der Waals surface area contributed by atoms with Crippen molar-refractivity contribution in [2.75, 3.05) is 11.9 Å². The maximum Gasteiger partial charge on any atom is 0.221 e. The molecule has 0 aliphatic rings. The first-order valence-corrected chi connectivity index (χ1v) is 4.87. The highest BCUT2D eigenvalue weighted by Gasteiger charge is 2.13. The molecule has 0 aromatic carbocycles. The molecule has 0 radical (unpaired) electrons. The maximum absolute atomic E-state index is 11.2. The lowest BCUT2D eigenvalue weighted by atomic mass is 10.1. The Morgan fingerprint density at radius 3 is 2.80 bits per heavy atom. The molecule has 0 unspecified atom stereocenters. The van der Waals surface area contributed by atoms with Gasteiger partial charge in [0.25, 0.3) is 0 Å². The molecule has 0 amide bonds. The molecule has 0 saturated heterocycles. The summed E-state index contributed by atoms with van der Waals surface area (Å²) in [4.78, 5) is 11.2. The molecule has 6 heteroatoms. The summed E-state index contributed by atoms with van der Waals surface area (Å²) in [5.74, 6) is 0.520. The first-order valence-electron chi connectivity index (χ1n) is 4.50. The minimum atomic E-state index is -0.852. The second kappa shape index (κ2) is 4.20. The number of anilines is 1. The van der Waals surface area contributed by atoms with Gasteiger partial charge in [0.05, 0.1) is 5.60 Å². The summed E-state index contributed by atoms with van der Waals surface area (Å²) in [6.45, 7) is 3.66. The van der Waals surface area contributed by atoms with Gasteiger partial charge in [-0.05, 0) is 13.8 Å². The molecule has 1 rings (SSSR count). The zero-order valence-corrected chi connectivity index (χ0v) is 9.67. The highest BCUT2D eigenvalue weighted by atomic mass is 35.5. The fourth-order valence-corrected chi connectivity index (χ4v) is 1.15. The molecule has 0 aliphatic carbocycles. The van der Waals surface area contributed by atoms with Crippen LogP contribution in [0.5, 0.6) is 0 Å². The van der Waals surface area contributed by atoms with Crippen LogP contribution >= 0.6 is 11.6 Å². The molecule has 5 nitrogen and oxygen atoms in total. The molecule has 0 atom stereocenters. The molecular weight excluding hydrogens is 218 g/mol. The second-order valence-electron chi connectivity index (χ2n) is 3.97. The molecule has 84 valence electrons. The minimum absolute atomic E-state index is 0.0636. The van der Waals surface area contributed by atoms with Crippen LogP contribution in [0.4, 0.5) is 5.82 Å². The van der Waals surface area contributed by atoms with Gasteiger partial charge >= 0.3 is 0 Å². The van der Waals surface area contributed by atoms with E-state index < -0.39 is 5.60 Å².